The number of aromatic nitrogens is 1. The Bertz CT molecular complexity index is 291. The Morgan fingerprint density at radius 3 is 2.42 bits per heavy atom. The van der Waals surface area contributed by atoms with Gasteiger partial charge in [0, 0.05) is 17.5 Å². The fraction of sp³-hybridized carbons (Fsp3) is 0.444. The average Bonchev–Trinajstić information content (AvgIpc) is 1.92. The Labute approximate surface area is 77.4 Å². The van der Waals surface area contributed by atoms with Gasteiger partial charge in [0.2, 0.25) is 0 Å². The second-order valence-electron chi connectivity index (χ2n) is 3.81. The summed E-state index contributed by atoms with van der Waals surface area (Å²) in [6.07, 6.45) is 1.43. The molecule has 66 valence electrons. The van der Waals surface area contributed by atoms with Crippen LogP contribution in [0.25, 0.3) is 0 Å². The zero-order valence-corrected chi connectivity index (χ0v) is 8.22. The van der Waals surface area contributed by atoms with Gasteiger partial charge in [-0.05, 0) is 0 Å². The minimum absolute atomic E-state index is 0.160. The third-order valence-corrected chi connectivity index (χ3v) is 1.88. The maximum atomic E-state index is 11.3. The highest BCUT2D eigenvalue weighted by molar-refractivity contribution is 6.30. The molecule has 0 saturated heterocycles. The first kappa shape index (κ1) is 9.33. The van der Waals surface area contributed by atoms with Gasteiger partial charge in [-0.15, -0.1) is 0 Å². The van der Waals surface area contributed by atoms with Crippen molar-refractivity contribution in [2.75, 3.05) is 0 Å². The molecule has 0 radical (unpaired) electrons. The monoisotopic (exact) mass is 185 g/mol. The Hall–Kier alpha value is -0.760. The normalized spacial score (nSPS) is 11.7. The summed E-state index contributed by atoms with van der Waals surface area (Å²) in [5, 5.41) is 11.9. The molecule has 0 spiro atoms. The fourth-order valence-electron chi connectivity index (χ4n) is 1.01. The van der Waals surface area contributed by atoms with Crippen LogP contribution < -0.4 is 4.73 Å². The van der Waals surface area contributed by atoms with Gasteiger partial charge in [0.15, 0.2) is 11.9 Å². The highest BCUT2D eigenvalue weighted by atomic mass is 35.5. The lowest BCUT2D eigenvalue weighted by molar-refractivity contribution is -0.617. The van der Waals surface area contributed by atoms with Gasteiger partial charge in [-0.2, -0.15) is 4.73 Å². The number of hydrogen-bond donors (Lipinski definition) is 0. The summed E-state index contributed by atoms with van der Waals surface area (Å²) in [6, 6.07) is 3.29. The third kappa shape index (κ3) is 1.89. The lowest BCUT2D eigenvalue weighted by atomic mass is 9.92. The van der Waals surface area contributed by atoms with E-state index in [1.54, 1.807) is 12.1 Å². The molecule has 0 atom stereocenters. The zero-order chi connectivity index (χ0) is 9.35. The largest absolute Gasteiger partial charge is 0.618 e. The van der Waals surface area contributed by atoms with Crippen LogP contribution in [0.4, 0.5) is 0 Å². The first-order valence-electron chi connectivity index (χ1n) is 3.80. The van der Waals surface area contributed by atoms with Gasteiger partial charge in [0.25, 0.3) is 0 Å². The van der Waals surface area contributed by atoms with Crippen LogP contribution in [0.15, 0.2) is 18.3 Å². The van der Waals surface area contributed by atoms with E-state index in [-0.39, 0.29) is 5.41 Å². The van der Waals surface area contributed by atoms with E-state index in [9.17, 15) is 5.21 Å². The molecule has 12 heavy (non-hydrogen) atoms. The van der Waals surface area contributed by atoms with E-state index >= 15 is 0 Å². The number of pyridine rings is 1. The van der Waals surface area contributed by atoms with Gasteiger partial charge < -0.3 is 5.21 Å². The predicted molar refractivity (Wildman–Crippen MR) is 49.1 cm³/mol. The summed E-state index contributed by atoms with van der Waals surface area (Å²) < 4.78 is 0.853. The van der Waals surface area contributed by atoms with Gasteiger partial charge in [-0.3, -0.25) is 0 Å². The molecule has 0 amide bonds. The SMILES string of the molecule is CC(C)(C)c1cc(Cl)cc[n+]1[O-]. The van der Waals surface area contributed by atoms with Gasteiger partial charge in [-0.1, -0.05) is 32.4 Å². The summed E-state index contributed by atoms with van der Waals surface area (Å²) in [5.41, 5.74) is 0.530. The first-order valence-corrected chi connectivity index (χ1v) is 4.18. The number of nitrogens with zero attached hydrogens (tertiary/aromatic N) is 1. The van der Waals surface area contributed by atoms with Crippen LogP contribution >= 0.6 is 11.6 Å². The minimum Gasteiger partial charge on any atom is -0.618 e. The second-order valence-corrected chi connectivity index (χ2v) is 4.24. The van der Waals surface area contributed by atoms with Gasteiger partial charge in [0.05, 0.1) is 5.02 Å². The molecule has 0 bridgehead atoms. The van der Waals surface area contributed by atoms with E-state index in [0.29, 0.717) is 10.7 Å². The Kier molecular flexibility index (Phi) is 2.29. The molecule has 0 N–H and O–H groups in total. The van der Waals surface area contributed by atoms with E-state index in [4.69, 9.17) is 11.6 Å². The van der Waals surface area contributed by atoms with E-state index in [1.807, 2.05) is 20.8 Å². The maximum absolute atomic E-state index is 11.3. The number of rotatable bonds is 0. The van der Waals surface area contributed by atoms with E-state index in [1.165, 1.54) is 6.20 Å². The predicted octanol–water partition coefficient (Wildman–Crippen LogP) is 2.27. The average molecular weight is 186 g/mol. The van der Waals surface area contributed by atoms with E-state index < -0.39 is 0 Å². The van der Waals surface area contributed by atoms with Crippen molar-refractivity contribution in [3.8, 4) is 0 Å². The molecule has 0 unspecified atom stereocenters. The summed E-state index contributed by atoms with van der Waals surface area (Å²) in [7, 11) is 0. The Morgan fingerprint density at radius 2 is 2.00 bits per heavy atom. The van der Waals surface area contributed by atoms with Crippen molar-refractivity contribution in [3.05, 3.63) is 34.3 Å². The molecular formula is C9H12ClNO. The topological polar surface area (TPSA) is 26.9 Å². The molecule has 3 heteroatoms. The maximum Gasteiger partial charge on any atom is 0.199 e. The van der Waals surface area contributed by atoms with Crippen LogP contribution in [0.3, 0.4) is 0 Å². The minimum atomic E-state index is -0.160. The molecule has 0 aliphatic carbocycles. The van der Waals surface area contributed by atoms with Gasteiger partial charge in [0.1, 0.15) is 0 Å². The Morgan fingerprint density at radius 1 is 1.42 bits per heavy atom. The van der Waals surface area contributed by atoms with Crippen molar-refractivity contribution in [2.45, 2.75) is 26.2 Å². The molecule has 0 saturated carbocycles. The summed E-state index contributed by atoms with van der Waals surface area (Å²) >= 11 is 5.77. The molecule has 1 rings (SSSR count). The van der Waals surface area contributed by atoms with Gasteiger partial charge >= 0.3 is 0 Å². The van der Waals surface area contributed by atoms with Crippen molar-refractivity contribution >= 4 is 11.6 Å². The van der Waals surface area contributed by atoms with Crippen LogP contribution in [0.1, 0.15) is 26.5 Å². The molecular weight excluding hydrogens is 174 g/mol. The molecule has 1 heterocycles. The van der Waals surface area contributed by atoms with Crippen LogP contribution in [0.5, 0.6) is 0 Å². The molecule has 1 aromatic rings. The molecule has 1 aromatic heterocycles. The van der Waals surface area contributed by atoms with Crippen LogP contribution in [0, 0.1) is 5.21 Å². The van der Waals surface area contributed by atoms with Crippen LogP contribution in [-0.4, -0.2) is 0 Å². The van der Waals surface area contributed by atoms with Gasteiger partial charge in [-0.25, -0.2) is 0 Å². The lowest BCUT2D eigenvalue weighted by Gasteiger charge is -2.16. The molecule has 0 aliphatic rings. The van der Waals surface area contributed by atoms with Crippen molar-refractivity contribution in [2.24, 2.45) is 0 Å². The molecule has 2 nitrogen and oxygen atoms in total. The van der Waals surface area contributed by atoms with Crippen LogP contribution in [0.2, 0.25) is 5.02 Å². The smallest absolute Gasteiger partial charge is 0.199 e. The summed E-state index contributed by atoms with van der Waals surface area (Å²) in [6.45, 7) is 5.94. The number of hydrogen-bond acceptors (Lipinski definition) is 1. The second kappa shape index (κ2) is 2.94. The van der Waals surface area contributed by atoms with E-state index in [0.717, 1.165) is 4.73 Å². The number of halogens is 1. The highest BCUT2D eigenvalue weighted by Gasteiger charge is 2.22. The fourth-order valence-corrected chi connectivity index (χ4v) is 1.17. The summed E-state index contributed by atoms with van der Waals surface area (Å²) in [5.74, 6) is 0. The Balaban J connectivity index is 3.23. The molecule has 0 aromatic carbocycles. The van der Waals surface area contributed by atoms with Crippen LogP contribution in [-0.2, 0) is 5.41 Å². The third-order valence-electron chi connectivity index (χ3n) is 1.65. The zero-order valence-electron chi connectivity index (χ0n) is 7.47. The van der Waals surface area contributed by atoms with Crippen molar-refractivity contribution in [3.63, 3.8) is 0 Å². The van der Waals surface area contributed by atoms with Crippen molar-refractivity contribution < 1.29 is 4.73 Å². The molecule has 0 aliphatic heterocycles. The molecule has 0 fully saturated rings. The van der Waals surface area contributed by atoms with Crippen molar-refractivity contribution in [1.82, 2.24) is 0 Å². The highest BCUT2D eigenvalue weighted by Crippen LogP contribution is 2.20. The summed E-state index contributed by atoms with van der Waals surface area (Å²) in [4.78, 5) is 0. The quantitative estimate of drug-likeness (QED) is 0.450. The van der Waals surface area contributed by atoms with E-state index in [2.05, 4.69) is 0 Å². The first-order chi connectivity index (χ1) is 5.41. The standard InChI is InChI=1S/C9H12ClNO/c1-9(2,3)8-6-7(10)4-5-11(8)12/h4-6H,1-3H3. The van der Waals surface area contributed by atoms with Crippen molar-refractivity contribution in [1.29, 1.82) is 0 Å². The lowest BCUT2D eigenvalue weighted by Crippen LogP contribution is -2.37.